The summed E-state index contributed by atoms with van der Waals surface area (Å²) in [4.78, 5) is 13.5. The summed E-state index contributed by atoms with van der Waals surface area (Å²) in [7, 11) is -3.96. The largest absolute Gasteiger partial charge is 0.487 e. The molecule has 1 N–H and O–H groups in total. The van der Waals surface area contributed by atoms with Gasteiger partial charge < -0.3 is 10.1 Å². The maximum absolute atomic E-state index is 13.6. The minimum atomic E-state index is -3.96. The van der Waals surface area contributed by atoms with E-state index >= 15 is 0 Å². The molecule has 3 aromatic rings. The number of nitrogens with zero attached hydrogens (tertiary/aromatic N) is 1. The number of rotatable bonds is 6. The Morgan fingerprint density at radius 2 is 1.63 bits per heavy atom. The van der Waals surface area contributed by atoms with Crippen molar-refractivity contribution in [2.45, 2.75) is 57.6 Å². The van der Waals surface area contributed by atoms with Crippen LogP contribution in [-0.2, 0) is 14.8 Å². The van der Waals surface area contributed by atoms with Crippen LogP contribution in [-0.4, -0.2) is 26.5 Å². The van der Waals surface area contributed by atoms with Crippen molar-refractivity contribution in [2.24, 2.45) is 0 Å². The zero-order valence-electron chi connectivity index (χ0n) is 20.8. The maximum Gasteiger partial charge on any atom is 0.264 e. The Balaban J connectivity index is 1.65. The molecule has 1 aliphatic rings. The first-order valence-corrected chi connectivity index (χ1v) is 13.1. The van der Waals surface area contributed by atoms with Crippen molar-refractivity contribution in [1.82, 2.24) is 5.32 Å². The van der Waals surface area contributed by atoms with Crippen molar-refractivity contribution in [3.05, 3.63) is 89.0 Å². The van der Waals surface area contributed by atoms with Gasteiger partial charge in [-0.25, -0.2) is 8.42 Å². The number of fused-ring (bicyclic) bond motifs is 1. The Morgan fingerprint density at radius 3 is 2.31 bits per heavy atom. The molecule has 1 aliphatic heterocycles. The van der Waals surface area contributed by atoms with Crippen LogP contribution in [0, 0.1) is 20.8 Å². The molecule has 0 spiro atoms. The molecule has 1 unspecified atom stereocenters. The number of nitrogens with one attached hydrogen (secondary N) is 1. The summed E-state index contributed by atoms with van der Waals surface area (Å²) in [6, 6.07) is 19.5. The van der Waals surface area contributed by atoms with Gasteiger partial charge >= 0.3 is 0 Å². The maximum atomic E-state index is 13.6. The zero-order valence-corrected chi connectivity index (χ0v) is 21.6. The van der Waals surface area contributed by atoms with Gasteiger partial charge in [0.05, 0.1) is 16.6 Å². The molecule has 1 heterocycles. The number of hydrogen-bond donors (Lipinski definition) is 1. The van der Waals surface area contributed by atoms with Crippen LogP contribution in [0.3, 0.4) is 0 Å². The second-order valence-electron chi connectivity index (χ2n) is 9.89. The Hall–Kier alpha value is -3.32. The van der Waals surface area contributed by atoms with E-state index in [0.29, 0.717) is 12.1 Å². The van der Waals surface area contributed by atoms with E-state index in [1.54, 1.807) is 42.5 Å². The Kier molecular flexibility index (Phi) is 6.64. The highest BCUT2D eigenvalue weighted by Gasteiger charge is 2.35. The Bertz CT molecular complexity index is 1350. The van der Waals surface area contributed by atoms with Crippen molar-refractivity contribution >= 4 is 21.6 Å². The number of hydrogen-bond acceptors (Lipinski definition) is 4. The normalized spacial score (nSPS) is 16.7. The molecule has 6 nitrogen and oxygen atoms in total. The van der Waals surface area contributed by atoms with Crippen LogP contribution < -0.4 is 14.4 Å². The Labute approximate surface area is 208 Å². The minimum absolute atomic E-state index is 0.144. The topological polar surface area (TPSA) is 75.7 Å². The lowest BCUT2D eigenvalue weighted by molar-refractivity contribution is -0.120. The molecule has 1 amide bonds. The lowest BCUT2D eigenvalue weighted by Gasteiger charge is -2.38. The van der Waals surface area contributed by atoms with Gasteiger partial charge in [-0.15, -0.1) is 0 Å². The van der Waals surface area contributed by atoms with Crippen LogP contribution in [0.4, 0.5) is 5.69 Å². The number of aryl methyl sites for hydroxylation is 3. The van der Waals surface area contributed by atoms with Gasteiger partial charge in [-0.1, -0.05) is 42.0 Å². The first-order valence-electron chi connectivity index (χ1n) is 11.7. The predicted octanol–water partition coefficient (Wildman–Crippen LogP) is 5.23. The second-order valence-corrected chi connectivity index (χ2v) is 11.8. The summed E-state index contributed by atoms with van der Waals surface area (Å²) in [5.74, 6) is 0.366. The van der Waals surface area contributed by atoms with Crippen molar-refractivity contribution in [3.63, 3.8) is 0 Å². The number of carbonyl (C=O) groups excluding carboxylic acids is 1. The van der Waals surface area contributed by atoms with Crippen molar-refractivity contribution in [3.8, 4) is 5.75 Å². The third kappa shape index (κ3) is 5.51. The fourth-order valence-corrected chi connectivity index (χ4v) is 5.81. The average Bonchev–Trinajstić information content (AvgIpc) is 2.76. The summed E-state index contributed by atoms with van der Waals surface area (Å²) in [5, 5.41) is 3.07. The van der Waals surface area contributed by atoms with Gasteiger partial charge in [-0.3, -0.25) is 9.10 Å². The monoisotopic (exact) mass is 492 g/mol. The molecule has 0 aromatic heterocycles. The fourth-order valence-electron chi connectivity index (χ4n) is 4.39. The zero-order chi connectivity index (χ0) is 25.4. The van der Waals surface area contributed by atoms with Gasteiger partial charge in [0.25, 0.3) is 10.0 Å². The number of anilines is 1. The van der Waals surface area contributed by atoms with E-state index in [2.05, 4.69) is 5.32 Å². The summed E-state index contributed by atoms with van der Waals surface area (Å²) < 4.78 is 34.6. The van der Waals surface area contributed by atoms with Crippen LogP contribution in [0.15, 0.2) is 71.6 Å². The van der Waals surface area contributed by atoms with Crippen molar-refractivity contribution in [1.29, 1.82) is 0 Å². The third-order valence-corrected chi connectivity index (χ3v) is 7.94. The molecule has 0 saturated carbocycles. The molecule has 184 valence electrons. The quantitative estimate of drug-likeness (QED) is 0.512. The molecule has 0 saturated heterocycles. The van der Waals surface area contributed by atoms with Crippen molar-refractivity contribution in [2.75, 3.05) is 10.8 Å². The van der Waals surface area contributed by atoms with Crippen LogP contribution in [0.2, 0.25) is 0 Å². The summed E-state index contributed by atoms with van der Waals surface area (Å²) >= 11 is 0. The van der Waals surface area contributed by atoms with Gasteiger partial charge in [-0.05, 0) is 76.1 Å². The average molecular weight is 493 g/mol. The van der Waals surface area contributed by atoms with Gasteiger partial charge in [0.2, 0.25) is 5.91 Å². The van der Waals surface area contributed by atoms with E-state index in [1.807, 2.05) is 58.9 Å². The fraction of sp³-hybridized carbons (Fsp3) is 0.321. The van der Waals surface area contributed by atoms with E-state index < -0.39 is 15.6 Å². The van der Waals surface area contributed by atoms with E-state index in [-0.39, 0.29) is 23.4 Å². The number of amides is 1. The second kappa shape index (κ2) is 9.38. The minimum Gasteiger partial charge on any atom is -0.487 e. The first-order chi connectivity index (χ1) is 16.4. The number of sulfonamides is 1. The highest BCUT2D eigenvalue weighted by atomic mass is 32.2. The molecule has 35 heavy (non-hydrogen) atoms. The molecule has 1 atom stereocenters. The molecular weight excluding hydrogens is 460 g/mol. The molecule has 4 rings (SSSR count). The molecule has 0 fully saturated rings. The van der Waals surface area contributed by atoms with Crippen LogP contribution in [0.25, 0.3) is 0 Å². The third-order valence-electron chi connectivity index (χ3n) is 6.15. The van der Waals surface area contributed by atoms with Crippen LogP contribution in [0.5, 0.6) is 5.75 Å². The molecule has 0 aliphatic carbocycles. The molecule has 3 aromatic carbocycles. The van der Waals surface area contributed by atoms with Crippen molar-refractivity contribution < 1.29 is 17.9 Å². The lowest BCUT2D eigenvalue weighted by atomic mass is 9.89. The van der Waals surface area contributed by atoms with Gasteiger partial charge in [0.15, 0.2) is 0 Å². The summed E-state index contributed by atoms with van der Waals surface area (Å²) in [6.45, 7) is 9.42. The number of ether oxygens (including phenoxy) is 1. The predicted molar refractivity (Wildman–Crippen MR) is 138 cm³/mol. The van der Waals surface area contributed by atoms with E-state index in [0.717, 1.165) is 28.0 Å². The summed E-state index contributed by atoms with van der Waals surface area (Å²) in [5.41, 5.74) is 3.81. The number of carbonyl (C=O) groups is 1. The van der Waals surface area contributed by atoms with Crippen LogP contribution >= 0.6 is 0 Å². The summed E-state index contributed by atoms with van der Waals surface area (Å²) in [6.07, 6.45) is 0.573. The smallest absolute Gasteiger partial charge is 0.264 e. The number of benzene rings is 3. The Morgan fingerprint density at radius 1 is 0.971 bits per heavy atom. The highest BCUT2D eigenvalue weighted by Crippen LogP contribution is 2.40. The lowest BCUT2D eigenvalue weighted by Crippen LogP contribution is -2.45. The van der Waals surface area contributed by atoms with Gasteiger partial charge in [-0.2, -0.15) is 0 Å². The van der Waals surface area contributed by atoms with E-state index in [4.69, 9.17) is 4.74 Å². The molecule has 0 bridgehead atoms. The van der Waals surface area contributed by atoms with E-state index in [1.165, 1.54) is 4.31 Å². The first kappa shape index (κ1) is 24.8. The van der Waals surface area contributed by atoms with Crippen LogP contribution in [0.1, 0.15) is 48.6 Å². The molecule has 0 radical (unpaired) electrons. The molecular formula is C28H32N2O4S. The van der Waals surface area contributed by atoms with Gasteiger partial charge in [0, 0.05) is 12.0 Å². The molecule has 7 heteroatoms. The SMILES string of the molecule is Cc1ccc(S(=O)(=O)N(CC(=O)NC2CC(C)(C)Oc3cc(C)ccc32)c2cccc(C)c2)cc1. The standard InChI is InChI=1S/C28H32N2O4S/c1-19-9-12-23(13-10-19)35(32,33)30(22-8-6-7-20(2)15-22)18-27(31)29-25-17-28(4,5)34-26-16-21(3)11-14-24(25)26/h6-16,25H,17-18H2,1-5H3,(H,29,31). The highest BCUT2D eigenvalue weighted by molar-refractivity contribution is 7.92. The van der Waals surface area contributed by atoms with E-state index in [9.17, 15) is 13.2 Å². The van der Waals surface area contributed by atoms with Gasteiger partial charge in [0.1, 0.15) is 17.9 Å².